The predicted octanol–water partition coefficient (Wildman–Crippen LogP) is 5.22. The molecule has 0 spiro atoms. The predicted molar refractivity (Wildman–Crippen MR) is 115 cm³/mol. The molecule has 7 heteroatoms. The number of aromatic hydroxyl groups is 1. The highest BCUT2D eigenvalue weighted by Gasteiger charge is 2.22. The van der Waals surface area contributed by atoms with Gasteiger partial charge in [0.05, 0.1) is 5.39 Å². The van der Waals surface area contributed by atoms with Crippen molar-refractivity contribution in [2.75, 3.05) is 29.9 Å². The van der Waals surface area contributed by atoms with Crippen LogP contribution < -0.4 is 10.2 Å². The fourth-order valence-corrected chi connectivity index (χ4v) is 4.61. The Bertz CT molecular complexity index is 912. The molecule has 3 heterocycles. The largest absolute Gasteiger partial charge is 0.504 e. The molecule has 1 aromatic carbocycles. The van der Waals surface area contributed by atoms with Crippen LogP contribution in [0.5, 0.6) is 5.75 Å². The Morgan fingerprint density at radius 2 is 2.14 bits per heavy atom. The Morgan fingerprint density at radius 1 is 1.32 bits per heavy atom. The van der Waals surface area contributed by atoms with Gasteiger partial charge in [0.15, 0.2) is 5.75 Å². The topological polar surface area (TPSA) is 74.4 Å². The van der Waals surface area contributed by atoms with Crippen LogP contribution >= 0.6 is 11.5 Å². The molecule has 2 aromatic heterocycles. The molecule has 0 bridgehead atoms. The van der Waals surface area contributed by atoms with Crippen LogP contribution in [0.4, 0.5) is 10.8 Å². The molecule has 0 amide bonds. The summed E-state index contributed by atoms with van der Waals surface area (Å²) in [5.74, 6) is 2.35. The number of aromatic nitrogens is 2. The molecule has 2 N–H and O–H groups in total. The van der Waals surface area contributed by atoms with E-state index >= 15 is 0 Å². The maximum Gasteiger partial charge on any atom is 0.205 e. The lowest BCUT2D eigenvalue weighted by Crippen LogP contribution is -2.33. The van der Waals surface area contributed by atoms with Crippen molar-refractivity contribution >= 4 is 33.3 Å². The van der Waals surface area contributed by atoms with E-state index in [0.717, 1.165) is 54.0 Å². The summed E-state index contributed by atoms with van der Waals surface area (Å²) >= 11 is 1.54. The van der Waals surface area contributed by atoms with Gasteiger partial charge in [0, 0.05) is 48.8 Å². The fourth-order valence-electron chi connectivity index (χ4n) is 3.75. The lowest BCUT2D eigenvalue weighted by molar-refractivity contribution is 0.376. The minimum Gasteiger partial charge on any atom is -0.504 e. The van der Waals surface area contributed by atoms with Crippen molar-refractivity contribution in [2.45, 2.75) is 45.4 Å². The van der Waals surface area contributed by atoms with Crippen molar-refractivity contribution in [3.63, 3.8) is 0 Å². The molecule has 1 saturated heterocycles. The normalized spacial score (nSPS) is 15.6. The van der Waals surface area contributed by atoms with Gasteiger partial charge in [0.2, 0.25) is 5.13 Å². The summed E-state index contributed by atoms with van der Waals surface area (Å²) in [6, 6.07) is 5.83. The highest BCUT2D eigenvalue weighted by atomic mass is 32.1. The van der Waals surface area contributed by atoms with Gasteiger partial charge in [-0.15, -0.1) is 0 Å². The zero-order valence-corrected chi connectivity index (χ0v) is 17.3. The number of benzene rings is 1. The summed E-state index contributed by atoms with van der Waals surface area (Å²) in [6.07, 6.45) is 6.25. The van der Waals surface area contributed by atoms with E-state index < -0.39 is 0 Å². The van der Waals surface area contributed by atoms with Gasteiger partial charge in [-0.05, 0) is 43.7 Å². The lowest BCUT2D eigenvalue weighted by atomic mass is 9.92. The Hall–Kier alpha value is -2.28. The van der Waals surface area contributed by atoms with E-state index in [-0.39, 0.29) is 5.75 Å². The second kappa shape index (κ2) is 8.39. The first-order chi connectivity index (χ1) is 13.6. The van der Waals surface area contributed by atoms with Gasteiger partial charge in [-0.1, -0.05) is 13.8 Å². The summed E-state index contributed by atoms with van der Waals surface area (Å²) in [4.78, 5) is 7.09. The van der Waals surface area contributed by atoms with Crippen LogP contribution in [0.25, 0.3) is 11.0 Å². The average Bonchev–Trinajstić information content (AvgIpc) is 3.33. The summed E-state index contributed by atoms with van der Waals surface area (Å²) in [5.41, 5.74) is 1.75. The Kier molecular flexibility index (Phi) is 5.71. The van der Waals surface area contributed by atoms with Gasteiger partial charge in [-0.25, -0.2) is 4.98 Å². The number of fused-ring (bicyclic) bond motifs is 1. The first-order valence-electron chi connectivity index (χ1n) is 10.1. The number of piperidine rings is 1. The van der Waals surface area contributed by atoms with E-state index in [2.05, 4.69) is 28.4 Å². The maximum absolute atomic E-state index is 9.65. The van der Waals surface area contributed by atoms with E-state index in [9.17, 15) is 5.11 Å². The molecule has 0 saturated carbocycles. The summed E-state index contributed by atoms with van der Waals surface area (Å²) < 4.78 is 9.83. The molecule has 3 aromatic rings. The molecular formula is C21H28N4O2S. The third-order valence-corrected chi connectivity index (χ3v) is 6.30. The van der Waals surface area contributed by atoms with E-state index in [0.29, 0.717) is 11.5 Å². The minimum atomic E-state index is 0.196. The number of furan rings is 1. The lowest BCUT2D eigenvalue weighted by Gasteiger charge is -2.31. The van der Waals surface area contributed by atoms with E-state index in [1.165, 1.54) is 37.1 Å². The first kappa shape index (κ1) is 19.1. The van der Waals surface area contributed by atoms with E-state index in [4.69, 9.17) is 9.40 Å². The van der Waals surface area contributed by atoms with E-state index in [1.54, 1.807) is 0 Å². The van der Waals surface area contributed by atoms with Crippen molar-refractivity contribution in [2.24, 2.45) is 5.92 Å². The van der Waals surface area contributed by atoms with Crippen molar-refractivity contribution < 1.29 is 9.52 Å². The molecule has 1 aliphatic rings. The zero-order chi connectivity index (χ0) is 19.5. The highest BCUT2D eigenvalue weighted by molar-refractivity contribution is 7.09. The van der Waals surface area contributed by atoms with Gasteiger partial charge in [0.25, 0.3) is 0 Å². The number of nitrogens with zero attached hydrogens (tertiary/aromatic N) is 3. The summed E-state index contributed by atoms with van der Waals surface area (Å²) in [5, 5.41) is 15.0. The van der Waals surface area contributed by atoms with Gasteiger partial charge in [-0.2, -0.15) is 4.37 Å². The number of nitrogens with one attached hydrogen (secondary N) is 1. The molecule has 0 aliphatic carbocycles. The first-order valence-corrected chi connectivity index (χ1v) is 10.9. The molecule has 1 aliphatic heterocycles. The standard InChI is InChI=1S/C21H28N4O2S/c1-14(2)20-23-21(28-24-20)25-10-7-15(8-11-25)4-3-9-22-16-5-6-17-18(26)13-27-19(17)12-16/h5-6,12-15,22,26H,3-4,7-11H2,1-2H3. The fraction of sp³-hybridized carbons (Fsp3) is 0.524. The van der Waals surface area contributed by atoms with Gasteiger partial charge >= 0.3 is 0 Å². The number of rotatable bonds is 7. The summed E-state index contributed by atoms with van der Waals surface area (Å²) in [6.45, 7) is 7.41. The molecule has 4 rings (SSSR count). The van der Waals surface area contributed by atoms with Crippen LogP contribution in [0, 0.1) is 5.92 Å². The van der Waals surface area contributed by atoms with Gasteiger partial charge in [0.1, 0.15) is 17.7 Å². The van der Waals surface area contributed by atoms with Gasteiger partial charge in [-0.3, -0.25) is 0 Å². The Labute approximate surface area is 169 Å². The van der Waals surface area contributed by atoms with Crippen molar-refractivity contribution in [1.82, 2.24) is 9.36 Å². The van der Waals surface area contributed by atoms with Crippen LogP contribution in [-0.4, -0.2) is 34.1 Å². The third kappa shape index (κ3) is 4.24. The van der Waals surface area contributed by atoms with E-state index in [1.807, 2.05) is 18.2 Å². The number of hydrogen-bond acceptors (Lipinski definition) is 7. The maximum atomic E-state index is 9.65. The molecule has 6 nitrogen and oxygen atoms in total. The smallest absolute Gasteiger partial charge is 0.205 e. The molecule has 0 radical (unpaired) electrons. The van der Waals surface area contributed by atoms with Crippen molar-refractivity contribution in [3.05, 3.63) is 30.3 Å². The monoisotopic (exact) mass is 400 g/mol. The van der Waals surface area contributed by atoms with Crippen molar-refractivity contribution in [1.29, 1.82) is 0 Å². The quantitative estimate of drug-likeness (QED) is 0.530. The molecule has 150 valence electrons. The highest BCUT2D eigenvalue weighted by Crippen LogP contribution is 2.30. The van der Waals surface area contributed by atoms with Crippen LogP contribution in [0.1, 0.15) is 51.3 Å². The summed E-state index contributed by atoms with van der Waals surface area (Å²) in [7, 11) is 0. The minimum absolute atomic E-state index is 0.196. The number of hydrogen-bond donors (Lipinski definition) is 2. The van der Waals surface area contributed by atoms with Crippen molar-refractivity contribution in [3.8, 4) is 5.75 Å². The zero-order valence-electron chi connectivity index (χ0n) is 16.5. The van der Waals surface area contributed by atoms with Gasteiger partial charge < -0.3 is 19.7 Å². The Balaban J connectivity index is 1.19. The molecule has 28 heavy (non-hydrogen) atoms. The van der Waals surface area contributed by atoms with Crippen LogP contribution in [-0.2, 0) is 0 Å². The van der Waals surface area contributed by atoms with Crippen LogP contribution in [0.2, 0.25) is 0 Å². The third-order valence-electron chi connectivity index (χ3n) is 5.51. The van der Waals surface area contributed by atoms with Crippen LogP contribution in [0.15, 0.2) is 28.9 Å². The Morgan fingerprint density at radius 3 is 2.89 bits per heavy atom. The SMILES string of the molecule is CC(C)c1nsc(N2CCC(CCCNc3ccc4c(O)coc4c3)CC2)n1. The molecular weight excluding hydrogens is 372 g/mol. The molecule has 0 unspecified atom stereocenters. The molecule has 1 fully saturated rings. The number of anilines is 2. The average molecular weight is 401 g/mol. The second-order valence-electron chi connectivity index (χ2n) is 7.92. The van der Waals surface area contributed by atoms with Crippen LogP contribution in [0.3, 0.4) is 0 Å². The second-order valence-corrected chi connectivity index (χ2v) is 8.65. The molecule has 0 atom stereocenters.